The lowest BCUT2D eigenvalue weighted by atomic mass is 10.2. The fourth-order valence-corrected chi connectivity index (χ4v) is 1.70. The molecule has 0 aliphatic carbocycles. The number of carbonyl (C=O) groups is 3. The van der Waals surface area contributed by atoms with E-state index in [4.69, 9.17) is 25.1 Å². The molecular formula is C5H8NO9P. The Balaban J connectivity index is 5.58. The molecule has 0 heterocycles. The maximum absolute atomic E-state index is 10.9. The second-order valence-corrected chi connectivity index (χ2v) is 4.56. The third kappa shape index (κ3) is 2.92. The summed E-state index contributed by atoms with van der Waals surface area (Å²) in [6, 6.07) is 0. The van der Waals surface area contributed by atoms with Gasteiger partial charge in [0.05, 0.1) is 6.42 Å². The largest absolute Gasteiger partial charge is 0.481 e. The van der Waals surface area contributed by atoms with Gasteiger partial charge in [0.2, 0.25) is 0 Å². The lowest BCUT2D eigenvalue weighted by molar-refractivity contribution is -0.148. The Kier molecular flexibility index (Phi) is 4.01. The van der Waals surface area contributed by atoms with Crippen molar-refractivity contribution in [2.24, 2.45) is 0 Å². The zero-order chi connectivity index (χ0) is 13.1. The summed E-state index contributed by atoms with van der Waals surface area (Å²) >= 11 is 0. The van der Waals surface area contributed by atoms with Crippen LogP contribution in [0.2, 0.25) is 0 Å². The number of aliphatic carboxylic acids is 2. The fourth-order valence-electron chi connectivity index (χ4n) is 0.869. The fraction of sp³-hybridized carbons (Fsp3) is 0.400. The second kappa shape index (κ2) is 4.47. The number of nitrogens with one attached hydrogen (secondary N) is 1. The van der Waals surface area contributed by atoms with Crippen LogP contribution in [-0.2, 0) is 14.2 Å². The van der Waals surface area contributed by atoms with Gasteiger partial charge >= 0.3 is 25.6 Å². The van der Waals surface area contributed by atoms with Gasteiger partial charge in [-0.3, -0.25) is 14.7 Å². The van der Waals surface area contributed by atoms with Crippen LogP contribution in [0.25, 0.3) is 0 Å². The number of hydrogen-bond donors (Lipinski definition) is 6. The molecule has 0 rings (SSSR count). The van der Waals surface area contributed by atoms with Crippen LogP contribution in [0.4, 0.5) is 4.79 Å². The van der Waals surface area contributed by atoms with Crippen molar-refractivity contribution in [2.75, 3.05) is 0 Å². The first-order valence-electron chi connectivity index (χ1n) is 3.55. The minimum Gasteiger partial charge on any atom is -0.481 e. The lowest BCUT2D eigenvalue weighted by Gasteiger charge is -2.27. The Morgan fingerprint density at radius 2 is 1.56 bits per heavy atom. The molecule has 0 aliphatic rings. The Morgan fingerprint density at radius 1 is 1.12 bits per heavy atom. The molecule has 0 saturated heterocycles. The average Bonchev–Trinajstić information content (AvgIpc) is 1.97. The Labute approximate surface area is 87.7 Å². The molecule has 0 saturated carbocycles. The summed E-state index contributed by atoms with van der Waals surface area (Å²) in [5.41, 5.74) is 0. The van der Waals surface area contributed by atoms with E-state index in [0.29, 0.717) is 0 Å². The normalized spacial score (nSPS) is 14.9. The first-order chi connectivity index (χ1) is 7.03. The molecule has 0 radical (unpaired) electrons. The predicted molar refractivity (Wildman–Crippen MR) is 45.8 cm³/mol. The molecule has 0 aromatic carbocycles. The Hall–Kier alpha value is -1.64. The van der Waals surface area contributed by atoms with Crippen LogP contribution >= 0.6 is 7.60 Å². The third-order valence-electron chi connectivity index (χ3n) is 1.57. The van der Waals surface area contributed by atoms with Crippen molar-refractivity contribution in [1.29, 1.82) is 0 Å². The van der Waals surface area contributed by atoms with Crippen molar-refractivity contribution < 1.29 is 44.1 Å². The van der Waals surface area contributed by atoms with E-state index in [1.54, 1.807) is 0 Å². The molecule has 1 amide bonds. The molecule has 0 aromatic heterocycles. The highest BCUT2D eigenvalue weighted by Gasteiger charge is 2.57. The van der Waals surface area contributed by atoms with E-state index in [9.17, 15) is 18.9 Å². The summed E-state index contributed by atoms with van der Waals surface area (Å²) in [6.45, 7) is 0. The molecule has 0 aromatic rings. The lowest BCUT2D eigenvalue weighted by Crippen LogP contribution is -2.55. The van der Waals surface area contributed by atoms with Crippen LogP contribution in [-0.4, -0.2) is 48.4 Å². The zero-order valence-corrected chi connectivity index (χ0v) is 8.42. The van der Waals surface area contributed by atoms with E-state index in [1.165, 1.54) is 0 Å². The predicted octanol–water partition coefficient (Wildman–Crippen LogP) is -1.31. The van der Waals surface area contributed by atoms with Crippen LogP contribution < -0.4 is 5.32 Å². The van der Waals surface area contributed by atoms with E-state index in [2.05, 4.69) is 0 Å². The summed E-state index contributed by atoms with van der Waals surface area (Å²) in [5, 5.41) is 22.8. The molecule has 0 aliphatic heterocycles. The number of carboxylic acid groups (broad SMARTS) is 3. The smallest absolute Gasteiger partial charge is 0.406 e. The van der Waals surface area contributed by atoms with Crippen molar-refractivity contribution >= 4 is 25.6 Å². The minimum atomic E-state index is -5.54. The Bertz CT molecular complexity index is 354. The van der Waals surface area contributed by atoms with E-state index in [-0.39, 0.29) is 0 Å². The van der Waals surface area contributed by atoms with Gasteiger partial charge in [-0.15, -0.1) is 0 Å². The molecule has 11 heteroatoms. The summed E-state index contributed by atoms with van der Waals surface area (Å²) in [5.74, 6) is -4.15. The molecule has 92 valence electrons. The molecule has 6 N–H and O–H groups in total. The van der Waals surface area contributed by atoms with Crippen LogP contribution in [0.5, 0.6) is 0 Å². The molecular weight excluding hydrogens is 249 g/mol. The highest BCUT2D eigenvalue weighted by molar-refractivity contribution is 7.54. The van der Waals surface area contributed by atoms with Crippen molar-refractivity contribution in [3.63, 3.8) is 0 Å². The zero-order valence-electron chi connectivity index (χ0n) is 7.52. The first kappa shape index (κ1) is 14.4. The number of amides is 1. The molecule has 1 atom stereocenters. The molecule has 1 unspecified atom stereocenters. The topological polar surface area (TPSA) is 181 Å². The SMILES string of the molecule is O=C(O)CC(NC(=O)O)(C(=O)O)P(=O)(O)O. The standard InChI is InChI=1S/C5H8NO9P/c7-2(8)1-5(3(9)10,6-4(11)12)16(13,14)15/h6H,1H2,(H,7,8)(H,9,10)(H,11,12)(H2,13,14,15). The Morgan fingerprint density at radius 3 is 1.75 bits per heavy atom. The van der Waals surface area contributed by atoms with Gasteiger partial charge in [0.1, 0.15) is 0 Å². The van der Waals surface area contributed by atoms with Crippen molar-refractivity contribution in [3.05, 3.63) is 0 Å². The van der Waals surface area contributed by atoms with Gasteiger partial charge in [0.25, 0.3) is 5.28 Å². The van der Waals surface area contributed by atoms with E-state index >= 15 is 0 Å². The summed E-state index contributed by atoms with van der Waals surface area (Å²) in [7, 11) is -5.54. The molecule has 16 heavy (non-hydrogen) atoms. The first-order valence-corrected chi connectivity index (χ1v) is 5.16. The van der Waals surface area contributed by atoms with Gasteiger partial charge in [-0.2, -0.15) is 0 Å². The number of hydrogen-bond acceptors (Lipinski definition) is 4. The molecule has 0 bridgehead atoms. The quantitative estimate of drug-likeness (QED) is 0.325. The summed E-state index contributed by atoms with van der Waals surface area (Å²) < 4.78 is 10.9. The minimum absolute atomic E-state index is 1.04. The van der Waals surface area contributed by atoms with Crippen LogP contribution in [0.15, 0.2) is 0 Å². The van der Waals surface area contributed by atoms with Crippen molar-refractivity contribution in [3.8, 4) is 0 Å². The highest BCUT2D eigenvalue weighted by atomic mass is 31.2. The highest BCUT2D eigenvalue weighted by Crippen LogP contribution is 2.51. The van der Waals surface area contributed by atoms with Gasteiger partial charge in [-0.05, 0) is 0 Å². The van der Waals surface area contributed by atoms with Gasteiger partial charge in [-0.1, -0.05) is 0 Å². The van der Waals surface area contributed by atoms with Gasteiger partial charge in [0.15, 0.2) is 0 Å². The van der Waals surface area contributed by atoms with E-state index in [1.807, 2.05) is 0 Å². The van der Waals surface area contributed by atoms with Gasteiger partial charge in [0, 0.05) is 0 Å². The summed E-state index contributed by atoms with van der Waals surface area (Å²) in [6.07, 6.45) is -3.65. The van der Waals surface area contributed by atoms with Crippen molar-refractivity contribution in [2.45, 2.75) is 11.7 Å². The van der Waals surface area contributed by atoms with Crippen LogP contribution in [0, 0.1) is 0 Å². The number of rotatable bonds is 5. The second-order valence-electron chi connectivity index (χ2n) is 2.71. The molecule has 10 nitrogen and oxygen atoms in total. The van der Waals surface area contributed by atoms with Gasteiger partial charge in [-0.25, -0.2) is 9.59 Å². The third-order valence-corrected chi connectivity index (χ3v) is 3.03. The van der Waals surface area contributed by atoms with Crippen LogP contribution in [0.3, 0.4) is 0 Å². The van der Waals surface area contributed by atoms with Crippen molar-refractivity contribution in [1.82, 2.24) is 5.32 Å². The molecule has 0 fully saturated rings. The summed E-state index contributed by atoms with van der Waals surface area (Å²) in [4.78, 5) is 48.7. The molecule has 0 spiro atoms. The average molecular weight is 257 g/mol. The van der Waals surface area contributed by atoms with Gasteiger partial charge < -0.3 is 25.1 Å². The van der Waals surface area contributed by atoms with E-state index < -0.39 is 37.3 Å². The maximum Gasteiger partial charge on any atom is 0.406 e. The number of carboxylic acids is 2. The van der Waals surface area contributed by atoms with E-state index in [0.717, 1.165) is 5.32 Å². The monoisotopic (exact) mass is 257 g/mol. The maximum atomic E-state index is 10.9. The van der Waals surface area contributed by atoms with Crippen LogP contribution in [0.1, 0.15) is 6.42 Å².